The lowest BCUT2D eigenvalue weighted by atomic mass is 9.82. The minimum absolute atomic E-state index is 0.271. The Labute approximate surface area is 117 Å². The quantitative estimate of drug-likeness (QED) is 0.799. The molecule has 3 unspecified atom stereocenters. The van der Waals surface area contributed by atoms with Crippen molar-refractivity contribution in [3.63, 3.8) is 0 Å². The smallest absolute Gasteiger partial charge is 0.0783 e. The summed E-state index contributed by atoms with van der Waals surface area (Å²) in [6, 6.07) is 0.728. The molecular formula is C15H29NOS. The second kappa shape index (κ2) is 7.16. The van der Waals surface area contributed by atoms with Crippen LogP contribution in [0.4, 0.5) is 0 Å². The van der Waals surface area contributed by atoms with Gasteiger partial charge in [0.05, 0.1) is 5.60 Å². The molecule has 2 rings (SSSR count). The maximum Gasteiger partial charge on any atom is 0.0783 e. The van der Waals surface area contributed by atoms with Gasteiger partial charge in [0.25, 0.3) is 0 Å². The van der Waals surface area contributed by atoms with Crippen molar-refractivity contribution in [2.45, 2.75) is 63.5 Å². The molecule has 2 heterocycles. The predicted octanol–water partition coefficient (Wildman–Crippen LogP) is 3.46. The molecule has 0 aromatic heterocycles. The normalized spacial score (nSPS) is 34.0. The van der Waals surface area contributed by atoms with Gasteiger partial charge in [-0.3, -0.25) is 0 Å². The van der Waals surface area contributed by atoms with Gasteiger partial charge in [0, 0.05) is 18.4 Å². The molecule has 0 saturated carbocycles. The number of ether oxygens (including phenoxy) is 1. The molecule has 18 heavy (non-hydrogen) atoms. The SMILES string of the molecule is CCCC(CCC1CCOC2(CCSC2)C1)NC. The molecule has 2 aliphatic heterocycles. The maximum atomic E-state index is 6.10. The van der Waals surface area contributed by atoms with E-state index in [-0.39, 0.29) is 5.60 Å². The van der Waals surface area contributed by atoms with Crippen LogP contribution in [0.5, 0.6) is 0 Å². The summed E-state index contributed by atoms with van der Waals surface area (Å²) < 4.78 is 6.10. The summed E-state index contributed by atoms with van der Waals surface area (Å²) in [5.74, 6) is 3.46. The number of hydrogen-bond donors (Lipinski definition) is 1. The van der Waals surface area contributed by atoms with Crippen molar-refractivity contribution >= 4 is 11.8 Å². The Bertz CT molecular complexity index is 241. The van der Waals surface area contributed by atoms with Crippen LogP contribution in [0.15, 0.2) is 0 Å². The molecule has 0 radical (unpaired) electrons. The average Bonchev–Trinajstić information content (AvgIpc) is 2.82. The Morgan fingerprint density at radius 1 is 1.44 bits per heavy atom. The Morgan fingerprint density at radius 3 is 3.00 bits per heavy atom. The van der Waals surface area contributed by atoms with Gasteiger partial charge in [-0.2, -0.15) is 11.8 Å². The summed E-state index contributed by atoms with van der Waals surface area (Å²) in [5.41, 5.74) is 0.271. The fourth-order valence-electron chi connectivity index (χ4n) is 3.46. The first-order valence-corrected chi connectivity index (χ1v) is 8.82. The second-order valence-electron chi connectivity index (χ2n) is 6.04. The minimum Gasteiger partial charge on any atom is -0.374 e. The first-order valence-electron chi connectivity index (χ1n) is 7.67. The monoisotopic (exact) mass is 271 g/mol. The van der Waals surface area contributed by atoms with E-state index in [4.69, 9.17) is 4.74 Å². The molecule has 0 amide bonds. The van der Waals surface area contributed by atoms with Crippen LogP contribution in [-0.2, 0) is 4.74 Å². The number of thioether (sulfide) groups is 1. The lowest BCUT2D eigenvalue weighted by Crippen LogP contribution is -2.40. The highest BCUT2D eigenvalue weighted by atomic mass is 32.2. The molecule has 1 spiro atoms. The fraction of sp³-hybridized carbons (Fsp3) is 1.00. The van der Waals surface area contributed by atoms with Crippen LogP contribution in [0.25, 0.3) is 0 Å². The minimum atomic E-state index is 0.271. The highest BCUT2D eigenvalue weighted by molar-refractivity contribution is 7.99. The van der Waals surface area contributed by atoms with Crippen molar-refractivity contribution in [3.05, 3.63) is 0 Å². The standard InChI is InChI=1S/C15H29NOS/c1-3-4-14(16-2)6-5-13-7-9-17-15(11-13)8-10-18-12-15/h13-14,16H,3-12H2,1-2H3. The predicted molar refractivity (Wildman–Crippen MR) is 80.3 cm³/mol. The van der Waals surface area contributed by atoms with Gasteiger partial charge < -0.3 is 10.1 Å². The Kier molecular flexibility index (Phi) is 5.84. The third-order valence-corrected chi connectivity index (χ3v) is 5.85. The average molecular weight is 271 g/mol. The first kappa shape index (κ1) is 14.7. The highest BCUT2D eigenvalue weighted by Gasteiger charge is 2.40. The Morgan fingerprint density at radius 2 is 2.33 bits per heavy atom. The van der Waals surface area contributed by atoms with E-state index < -0.39 is 0 Å². The van der Waals surface area contributed by atoms with Crippen LogP contribution in [0.2, 0.25) is 0 Å². The van der Waals surface area contributed by atoms with Crippen LogP contribution in [-0.4, -0.2) is 36.8 Å². The van der Waals surface area contributed by atoms with Crippen molar-refractivity contribution in [1.82, 2.24) is 5.32 Å². The first-order chi connectivity index (χ1) is 8.78. The van der Waals surface area contributed by atoms with Crippen molar-refractivity contribution in [2.75, 3.05) is 25.2 Å². The van der Waals surface area contributed by atoms with E-state index in [0.29, 0.717) is 0 Å². The van der Waals surface area contributed by atoms with Crippen molar-refractivity contribution < 1.29 is 4.74 Å². The molecule has 1 N–H and O–H groups in total. The molecule has 2 nitrogen and oxygen atoms in total. The van der Waals surface area contributed by atoms with E-state index in [1.807, 2.05) is 0 Å². The summed E-state index contributed by atoms with van der Waals surface area (Å²) in [7, 11) is 2.11. The number of nitrogens with one attached hydrogen (secondary N) is 1. The Hall–Kier alpha value is 0.270. The van der Waals surface area contributed by atoms with Gasteiger partial charge >= 0.3 is 0 Å². The molecular weight excluding hydrogens is 242 g/mol. The molecule has 0 aliphatic carbocycles. The zero-order valence-electron chi connectivity index (χ0n) is 12.0. The molecule has 3 atom stereocenters. The van der Waals surface area contributed by atoms with Gasteiger partial charge in [0.15, 0.2) is 0 Å². The Balaban J connectivity index is 1.75. The maximum absolute atomic E-state index is 6.10. The zero-order chi connectivity index (χ0) is 12.8. The second-order valence-corrected chi connectivity index (χ2v) is 7.15. The number of hydrogen-bond acceptors (Lipinski definition) is 3. The van der Waals surface area contributed by atoms with Crippen LogP contribution >= 0.6 is 11.8 Å². The lowest BCUT2D eigenvalue weighted by molar-refractivity contribution is -0.0810. The van der Waals surface area contributed by atoms with Gasteiger partial charge in [-0.05, 0) is 57.2 Å². The van der Waals surface area contributed by atoms with Gasteiger partial charge in [0.1, 0.15) is 0 Å². The van der Waals surface area contributed by atoms with E-state index in [0.717, 1.165) is 18.6 Å². The molecule has 106 valence electrons. The van der Waals surface area contributed by atoms with Crippen molar-refractivity contribution in [1.29, 1.82) is 0 Å². The third kappa shape index (κ3) is 3.88. The summed E-state index contributed by atoms with van der Waals surface area (Å²) in [5, 5.41) is 3.47. The third-order valence-electron chi connectivity index (χ3n) is 4.63. The van der Waals surface area contributed by atoms with Gasteiger partial charge in [0.2, 0.25) is 0 Å². The molecule has 3 heteroatoms. The lowest BCUT2D eigenvalue weighted by Gasteiger charge is -2.38. The molecule has 0 aromatic carbocycles. The molecule has 2 saturated heterocycles. The van der Waals surface area contributed by atoms with Crippen molar-refractivity contribution in [2.24, 2.45) is 5.92 Å². The van der Waals surface area contributed by atoms with Crippen LogP contribution in [0, 0.1) is 5.92 Å². The van der Waals surface area contributed by atoms with E-state index in [1.165, 1.54) is 56.5 Å². The zero-order valence-corrected chi connectivity index (χ0v) is 12.9. The van der Waals surface area contributed by atoms with Crippen LogP contribution in [0.3, 0.4) is 0 Å². The largest absolute Gasteiger partial charge is 0.374 e. The summed E-state index contributed by atoms with van der Waals surface area (Å²) in [6.07, 6.45) is 9.25. The summed E-state index contributed by atoms with van der Waals surface area (Å²) in [4.78, 5) is 0. The van der Waals surface area contributed by atoms with E-state index in [2.05, 4.69) is 31.1 Å². The molecule has 2 aliphatic rings. The van der Waals surface area contributed by atoms with Gasteiger partial charge in [-0.15, -0.1) is 0 Å². The summed E-state index contributed by atoms with van der Waals surface area (Å²) in [6.45, 7) is 3.28. The summed E-state index contributed by atoms with van der Waals surface area (Å²) >= 11 is 2.08. The molecule has 2 fully saturated rings. The highest BCUT2D eigenvalue weighted by Crippen LogP contribution is 2.41. The molecule has 0 bridgehead atoms. The van der Waals surface area contributed by atoms with E-state index >= 15 is 0 Å². The van der Waals surface area contributed by atoms with Gasteiger partial charge in [-0.25, -0.2) is 0 Å². The van der Waals surface area contributed by atoms with E-state index in [1.54, 1.807) is 0 Å². The number of rotatable bonds is 6. The fourth-order valence-corrected chi connectivity index (χ4v) is 4.84. The van der Waals surface area contributed by atoms with Gasteiger partial charge in [-0.1, -0.05) is 13.3 Å². The van der Waals surface area contributed by atoms with Crippen LogP contribution < -0.4 is 5.32 Å². The van der Waals surface area contributed by atoms with E-state index in [9.17, 15) is 0 Å². The topological polar surface area (TPSA) is 21.3 Å². The molecule has 0 aromatic rings. The van der Waals surface area contributed by atoms with Crippen molar-refractivity contribution in [3.8, 4) is 0 Å². The van der Waals surface area contributed by atoms with Crippen LogP contribution in [0.1, 0.15) is 51.9 Å².